The van der Waals surface area contributed by atoms with Gasteiger partial charge in [-0.2, -0.15) is 0 Å². The van der Waals surface area contributed by atoms with Crippen molar-refractivity contribution in [2.45, 2.75) is 6.92 Å². The second kappa shape index (κ2) is 6.50. The van der Waals surface area contributed by atoms with Gasteiger partial charge < -0.3 is 9.72 Å². The van der Waals surface area contributed by atoms with Crippen LogP contribution in [0.4, 0.5) is 0 Å². The highest BCUT2D eigenvalue weighted by Crippen LogP contribution is 2.28. The van der Waals surface area contributed by atoms with Crippen molar-refractivity contribution in [1.29, 1.82) is 0 Å². The van der Waals surface area contributed by atoms with Gasteiger partial charge in [-0.3, -0.25) is 4.79 Å². The summed E-state index contributed by atoms with van der Waals surface area (Å²) in [6.45, 7) is 1.67. The van der Waals surface area contributed by atoms with Crippen LogP contribution in [0.25, 0.3) is 22.5 Å². The highest BCUT2D eigenvalue weighted by molar-refractivity contribution is 5.90. The van der Waals surface area contributed by atoms with E-state index in [1.807, 2.05) is 30.3 Å². The van der Waals surface area contributed by atoms with E-state index < -0.39 is 5.97 Å². The van der Waals surface area contributed by atoms with Crippen molar-refractivity contribution in [2.75, 3.05) is 7.11 Å². The number of hydrogen-bond acceptors (Lipinski definition) is 4. The number of benzene rings is 2. The SMILES string of the molecule is COC(=O)c1ccc(-c2nc(C)c(=O)[nH]c2-c2ccccc2)cc1. The van der Waals surface area contributed by atoms with E-state index in [0.717, 1.165) is 11.1 Å². The van der Waals surface area contributed by atoms with Crippen LogP contribution in [0.3, 0.4) is 0 Å². The summed E-state index contributed by atoms with van der Waals surface area (Å²) in [5.74, 6) is -0.393. The van der Waals surface area contributed by atoms with Crippen molar-refractivity contribution in [3.8, 4) is 22.5 Å². The summed E-state index contributed by atoms with van der Waals surface area (Å²) in [7, 11) is 1.34. The van der Waals surface area contributed by atoms with Crippen LogP contribution in [0.5, 0.6) is 0 Å². The number of carbonyl (C=O) groups is 1. The molecule has 0 radical (unpaired) electrons. The van der Waals surface area contributed by atoms with E-state index >= 15 is 0 Å². The van der Waals surface area contributed by atoms with Gasteiger partial charge in [0.2, 0.25) is 0 Å². The van der Waals surface area contributed by atoms with E-state index in [4.69, 9.17) is 4.74 Å². The van der Waals surface area contributed by atoms with Gasteiger partial charge in [0.25, 0.3) is 5.56 Å². The first-order valence-corrected chi connectivity index (χ1v) is 7.45. The Morgan fingerprint density at radius 3 is 2.29 bits per heavy atom. The average Bonchev–Trinajstić information content (AvgIpc) is 2.64. The van der Waals surface area contributed by atoms with Gasteiger partial charge in [0.15, 0.2) is 0 Å². The largest absolute Gasteiger partial charge is 0.465 e. The Morgan fingerprint density at radius 1 is 1.00 bits per heavy atom. The highest BCUT2D eigenvalue weighted by atomic mass is 16.5. The molecule has 1 N–H and O–H groups in total. The van der Waals surface area contributed by atoms with Crippen LogP contribution in [-0.4, -0.2) is 23.0 Å². The van der Waals surface area contributed by atoms with Crippen LogP contribution in [0.15, 0.2) is 59.4 Å². The van der Waals surface area contributed by atoms with E-state index in [9.17, 15) is 9.59 Å². The fourth-order valence-electron chi connectivity index (χ4n) is 2.44. The quantitative estimate of drug-likeness (QED) is 0.752. The van der Waals surface area contributed by atoms with Gasteiger partial charge in [0.1, 0.15) is 5.69 Å². The van der Waals surface area contributed by atoms with Crippen LogP contribution in [0, 0.1) is 6.92 Å². The summed E-state index contributed by atoms with van der Waals surface area (Å²) in [4.78, 5) is 30.9. The monoisotopic (exact) mass is 320 g/mol. The zero-order valence-electron chi connectivity index (χ0n) is 13.4. The number of hydrogen-bond donors (Lipinski definition) is 1. The molecular formula is C19H16N2O3. The second-order valence-corrected chi connectivity index (χ2v) is 5.31. The fraction of sp³-hybridized carbons (Fsp3) is 0.105. The second-order valence-electron chi connectivity index (χ2n) is 5.31. The molecular weight excluding hydrogens is 304 g/mol. The Labute approximate surface area is 139 Å². The van der Waals surface area contributed by atoms with Crippen LogP contribution in [0.2, 0.25) is 0 Å². The number of aryl methyl sites for hydroxylation is 1. The number of nitrogens with one attached hydrogen (secondary N) is 1. The molecule has 0 saturated carbocycles. The van der Waals surface area contributed by atoms with Gasteiger partial charge in [-0.15, -0.1) is 0 Å². The molecule has 0 atom stereocenters. The van der Waals surface area contributed by atoms with Crippen molar-refractivity contribution in [2.24, 2.45) is 0 Å². The summed E-state index contributed by atoms with van der Waals surface area (Å²) in [5.41, 5.74) is 3.62. The van der Waals surface area contributed by atoms with Crippen molar-refractivity contribution >= 4 is 5.97 Å². The Bertz CT molecular complexity index is 929. The third-order valence-corrected chi connectivity index (χ3v) is 3.73. The lowest BCUT2D eigenvalue weighted by Crippen LogP contribution is -2.14. The normalized spacial score (nSPS) is 10.4. The summed E-state index contributed by atoms with van der Waals surface area (Å²) >= 11 is 0. The molecule has 0 aliphatic heterocycles. The van der Waals surface area contributed by atoms with Gasteiger partial charge >= 0.3 is 5.97 Å². The lowest BCUT2D eigenvalue weighted by Gasteiger charge is -2.10. The minimum absolute atomic E-state index is 0.219. The number of methoxy groups -OCH3 is 1. The minimum Gasteiger partial charge on any atom is -0.465 e. The summed E-state index contributed by atoms with van der Waals surface area (Å²) in [6.07, 6.45) is 0. The molecule has 2 aromatic carbocycles. The third-order valence-electron chi connectivity index (χ3n) is 3.73. The predicted octanol–water partition coefficient (Wildman–Crippen LogP) is 3.20. The van der Waals surface area contributed by atoms with Gasteiger partial charge in [0.05, 0.1) is 24.1 Å². The van der Waals surface area contributed by atoms with E-state index in [0.29, 0.717) is 22.6 Å². The van der Waals surface area contributed by atoms with Gasteiger partial charge in [-0.1, -0.05) is 42.5 Å². The molecule has 120 valence electrons. The van der Waals surface area contributed by atoms with Crippen LogP contribution in [-0.2, 0) is 4.74 Å². The number of nitrogens with zero attached hydrogens (tertiary/aromatic N) is 1. The molecule has 5 nitrogen and oxygen atoms in total. The highest BCUT2D eigenvalue weighted by Gasteiger charge is 2.13. The average molecular weight is 320 g/mol. The Kier molecular flexibility index (Phi) is 4.24. The van der Waals surface area contributed by atoms with E-state index in [1.165, 1.54) is 7.11 Å². The summed E-state index contributed by atoms with van der Waals surface area (Å²) in [6, 6.07) is 16.5. The predicted molar refractivity (Wildman–Crippen MR) is 91.8 cm³/mol. The van der Waals surface area contributed by atoms with Gasteiger partial charge in [-0.05, 0) is 19.1 Å². The summed E-state index contributed by atoms with van der Waals surface area (Å²) in [5, 5.41) is 0. The van der Waals surface area contributed by atoms with Crippen LogP contribution < -0.4 is 5.56 Å². The maximum absolute atomic E-state index is 12.0. The molecule has 1 heterocycles. The van der Waals surface area contributed by atoms with Crippen molar-refractivity contribution < 1.29 is 9.53 Å². The zero-order valence-corrected chi connectivity index (χ0v) is 13.4. The molecule has 0 unspecified atom stereocenters. The number of aromatic amines is 1. The molecule has 0 amide bonds. The van der Waals surface area contributed by atoms with Gasteiger partial charge in [-0.25, -0.2) is 9.78 Å². The first kappa shape index (κ1) is 15.7. The smallest absolute Gasteiger partial charge is 0.337 e. The minimum atomic E-state index is -0.393. The number of ether oxygens (including phenoxy) is 1. The van der Waals surface area contributed by atoms with E-state index in [-0.39, 0.29) is 5.56 Å². The zero-order chi connectivity index (χ0) is 17.1. The van der Waals surface area contributed by atoms with Crippen molar-refractivity contribution in [1.82, 2.24) is 9.97 Å². The molecule has 24 heavy (non-hydrogen) atoms. The first-order valence-electron chi connectivity index (χ1n) is 7.45. The molecule has 1 aromatic heterocycles. The lowest BCUT2D eigenvalue weighted by atomic mass is 10.0. The Morgan fingerprint density at radius 2 is 1.67 bits per heavy atom. The number of carbonyl (C=O) groups excluding carboxylic acids is 1. The van der Waals surface area contributed by atoms with E-state index in [2.05, 4.69) is 9.97 Å². The van der Waals surface area contributed by atoms with Gasteiger partial charge in [0, 0.05) is 11.1 Å². The molecule has 0 aliphatic carbocycles. The number of H-pyrrole nitrogens is 1. The first-order chi connectivity index (χ1) is 11.6. The molecule has 0 aliphatic rings. The number of rotatable bonds is 3. The molecule has 0 fully saturated rings. The molecule has 0 saturated heterocycles. The summed E-state index contributed by atoms with van der Waals surface area (Å²) < 4.78 is 4.71. The van der Waals surface area contributed by atoms with Crippen molar-refractivity contribution in [3.63, 3.8) is 0 Å². The maximum Gasteiger partial charge on any atom is 0.337 e. The topological polar surface area (TPSA) is 72.0 Å². The molecule has 0 bridgehead atoms. The fourth-order valence-corrected chi connectivity index (χ4v) is 2.44. The van der Waals surface area contributed by atoms with Crippen LogP contribution in [0.1, 0.15) is 16.1 Å². The molecule has 3 aromatic rings. The standard InChI is InChI=1S/C19H16N2O3/c1-12-18(22)21-17(13-6-4-3-5-7-13)16(20-12)14-8-10-15(11-9-14)19(23)24-2/h3-11H,1-2H3,(H,21,22). The molecule has 0 spiro atoms. The maximum atomic E-state index is 12.0. The molecule has 3 rings (SSSR count). The van der Waals surface area contributed by atoms with E-state index in [1.54, 1.807) is 31.2 Å². The number of aromatic nitrogens is 2. The van der Waals surface area contributed by atoms with Crippen LogP contribution >= 0.6 is 0 Å². The number of esters is 1. The van der Waals surface area contributed by atoms with Crippen molar-refractivity contribution in [3.05, 3.63) is 76.2 Å². The third kappa shape index (κ3) is 2.96. The Hall–Kier alpha value is -3.21. The Balaban J connectivity index is 2.15. The lowest BCUT2D eigenvalue weighted by molar-refractivity contribution is 0.0601. The molecule has 5 heteroatoms.